The lowest BCUT2D eigenvalue weighted by Gasteiger charge is -2.13. The SMILES string of the molecule is CCn1c(-c2cc(-c3ccc(OC)cc3OC)nc3ccccc23)n[nH]c1=S. The van der Waals surface area contributed by atoms with Crippen molar-refractivity contribution < 1.29 is 9.47 Å². The molecular weight excluding hydrogens is 372 g/mol. The Hall–Kier alpha value is -3.19. The highest BCUT2D eigenvalue weighted by Gasteiger charge is 2.16. The van der Waals surface area contributed by atoms with Crippen LogP contribution >= 0.6 is 12.2 Å². The Balaban J connectivity index is 2.01. The molecule has 0 saturated heterocycles. The number of para-hydroxylation sites is 1. The van der Waals surface area contributed by atoms with E-state index in [0.29, 0.717) is 10.5 Å². The summed E-state index contributed by atoms with van der Waals surface area (Å²) < 4.78 is 13.5. The van der Waals surface area contributed by atoms with Gasteiger partial charge in [0.2, 0.25) is 0 Å². The van der Waals surface area contributed by atoms with E-state index in [1.807, 2.05) is 60.0 Å². The van der Waals surface area contributed by atoms with Crippen molar-refractivity contribution in [3.8, 4) is 34.1 Å². The Morgan fingerprint density at radius 1 is 1.04 bits per heavy atom. The van der Waals surface area contributed by atoms with Crippen molar-refractivity contribution in [2.75, 3.05) is 14.2 Å². The predicted molar refractivity (Wildman–Crippen MR) is 112 cm³/mol. The maximum atomic E-state index is 5.59. The topological polar surface area (TPSA) is 65.0 Å². The van der Waals surface area contributed by atoms with Crippen LogP contribution in [0.3, 0.4) is 0 Å². The average molecular weight is 392 g/mol. The number of nitrogens with zero attached hydrogens (tertiary/aromatic N) is 3. The largest absolute Gasteiger partial charge is 0.497 e. The van der Waals surface area contributed by atoms with E-state index in [1.165, 1.54) is 0 Å². The van der Waals surface area contributed by atoms with Gasteiger partial charge < -0.3 is 14.0 Å². The van der Waals surface area contributed by atoms with E-state index in [1.54, 1.807) is 14.2 Å². The van der Waals surface area contributed by atoms with Crippen molar-refractivity contribution in [3.63, 3.8) is 0 Å². The van der Waals surface area contributed by atoms with Crippen LogP contribution in [0.5, 0.6) is 11.5 Å². The Kier molecular flexibility index (Phi) is 4.83. The van der Waals surface area contributed by atoms with Crippen LogP contribution in [-0.4, -0.2) is 34.0 Å². The van der Waals surface area contributed by atoms with E-state index in [-0.39, 0.29) is 0 Å². The number of nitrogens with one attached hydrogen (secondary N) is 1. The number of hydrogen-bond donors (Lipinski definition) is 1. The molecule has 0 unspecified atom stereocenters. The number of aromatic nitrogens is 4. The molecule has 2 heterocycles. The quantitative estimate of drug-likeness (QED) is 0.491. The number of methoxy groups -OCH3 is 2. The third-order valence-electron chi connectivity index (χ3n) is 4.72. The van der Waals surface area contributed by atoms with Gasteiger partial charge in [0.25, 0.3) is 0 Å². The second kappa shape index (κ2) is 7.44. The Bertz CT molecular complexity index is 1210. The van der Waals surface area contributed by atoms with Gasteiger partial charge in [-0.3, -0.25) is 5.10 Å². The summed E-state index contributed by atoms with van der Waals surface area (Å²) in [6.07, 6.45) is 0. The fourth-order valence-corrected chi connectivity index (χ4v) is 3.59. The number of hydrogen-bond acceptors (Lipinski definition) is 5. The molecule has 0 bridgehead atoms. The number of ether oxygens (including phenoxy) is 2. The van der Waals surface area contributed by atoms with E-state index in [2.05, 4.69) is 10.2 Å². The smallest absolute Gasteiger partial charge is 0.195 e. The van der Waals surface area contributed by atoms with Crippen molar-refractivity contribution in [2.45, 2.75) is 13.5 Å². The Labute approximate surface area is 167 Å². The van der Waals surface area contributed by atoms with Gasteiger partial charge in [0.05, 0.1) is 25.4 Å². The first-order valence-electron chi connectivity index (χ1n) is 8.94. The zero-order valence-corrected chi connectivity index (χ0v) is 16.7. The van der Waals surface area contributed by atoms with E-state index in [0.717, 1.165) is 45.8 Å². The molecular formula is C21H20N4O2S. The molecule has 4 rings (SSSR count). The van der Waals surface area contributed by atoms with Gasteiger partial charge in [0.15, 0.2) is 10.6 Å². The van der Waals surface area contributed by atoms with E-state index >= 15 is 0 Å². The number of H-pyrrole nitrogens is 1. The third-order valence-corrected chi connectivity index (χ3v) is 5.03. The van der Waals surface area contributed by atoms with Gasteiger partial charge in [0, 0.05) is 29.1 Å². The molecule has 0 aliphatic carbocycles. The van der Waals surface area contributed by atoms with Crippen molar-refractivity contribution in [2.24, 2.45) is 0 Å². The zero-order valence-electron chi connectivity index (χ0n) is 15.9. The van der Waals surface area contributed by atoms with Crippen LogP contribution in [0.25, 0.3) is 33.5 Å². The number of pyridine rings is 1. The maximum Gasteiger partial charge on any atom is 0.195 e. The summed E-state index contributed by atoms with van der Waals surface area (Å²) in [5.41, 5.74) is 3.52. The fourth-order valence-electron chi connectivity index (χ4n) is 3.33. The zero-order chi connectivity index (χ0) is 19.7. The summed E-state index contributed by atoms with van der Waals surface area (Å²) in [5.74, 6) is 2.22. The van der Waals surface area contributed by atoms with Crippen molar-refractivity contribution >= 4 is 23.1 Å². The molecule has 142 valence electrons. The minimum Gasteiger partial charge on any atom is -0.497 e. The minimum atomic E-state index is 0.599. The predicted octanol–water partition coefficient (Wildman–Crippen LogP) is 4.86. The summed E-state index contributed by atoms with van der Waals surface area (Å²) in [5, 5.41) is 8.40. The molecule has 0 radical (unpaired) electrons. The number of aromatic amines is 1. The molecule has 7 heteroatoms. The Morgan fingerprint density at radius 3 is 2.61 bits per heavy atom. The maximum absolute atomic E-state index is 5.59. The molecule has 2 aromatic carbocycles. The molecule has 0 amide bonds. The lowest BCUT2D eigenvalue weighted by atomic mass is 10.0. The standard InChI is InChI=1S/C21H20N4O2S/c1-4-25-20(23-24-21(25)28)16-12-18(22-17-8-6-5-7-14(16)17)15-10-9-13(26-2)11-19(15)27-3/h5-12H,4H2,1-3H3,(H,24,28). The van der Waals surface area contributed by atoms with Crippen molar-refractivity contribution in [3.05, 3.63) is 53.3 Å². The highest BCUT2D eigenvalue weighted by molar-refractivity contribution is 7.71. The number of rotatable bonds is 5. The summed E-state index contributed by atoms with van der Waals surface area (Å²) in [6, 6.07) is 15.8. The molecule has 4 aromatic rings. The number of benzene rings is 2. The summed E-state index contributed by atoms with van der Waals surface area (Å²) in [7, 11) is 3.27. The van der Waals surface area contributed by atoms with Crippen LogP contribution in [0.1, 0.15) is 6.92 Å². The van der Waals surface area contributed by atoms with Gasteiger partial charge >= 0.3 is 0 Å². The van der Waals surface area contributed by atoms with Crippen LogP contribution in [0, 0.1) is 4.77 Å². The normalized spacial score (nSPS) is 11.0. The van der Waals surface area contributed by atoms with Gasteiger partial charge in [-0.2, -0.15) is 5.10 Å². The van der Waals surface area contributed by atoms with E-state index < -0.39 is 0 Å². The lowest BCUT2D eigenvalue weighted by Crippen LogP contribution is -2.00. The molecule has 0 atom stereocenters. The second-order valence-electron chi connectivity index (χ2n) is 6.24. The van der Waals surface area contributed by atoms with E-state index in [4.69, 9.17) is 26.7 Å². The van der Waals surface area contributed by atoms with Gasteiger partial charge in [-0.25, -0.2) is 4.98 Å². The first-order valence-corrected chi connectivity index (χ1v) is 9.34. The van der Waals surface area contributed by atoms with Crippen LogP contribution in [-0.2, 0) is 6.54 Å². The molecule has 0 aliphatic rings. The third kappa shape index (κ3) is 3.03. The molecule has 0 saturated carbocycles. The molecule has 0 spiro atoms. The van der Waals surface area contributed by atoms with Crippen LogP contribution in [0.2, 0.25) is 0 Å². The lowest BCUT2D eigenvalue weighted by molar-refractivity contribution is 0.395. The van der Waals surface area contributed by atoms with E-state index in [9.17, 15) is 0 Å². The van der Waals surface area contributed by atoms with Crippen LogP contribution in [0.15, 0.2) is 48.5 Å². The highest BCUT2D eigenvalue weighted by atomic mass is 32.1. The summed E-state index contributed by atoms with van der Waals surface area (Å²) in [6.45, 7) is 2.77. The molecule has 28 heavy (non-hydrogen) atoms. The van der Waals surface area contributed by atoms with Crippen LogP contribution in [0.4, 0.5) is 0 Å². The van der Waals surface area contributed by atoms with Gasteiger partial charge in [0.1, 0.15) is 11.5 Å². The van der Waals surface area contributed by atoms with Gasteiger partial charge in [-0.05, 0) is 43.4 Å². The monoisotopic (exact) mass is 392 g/mol. The molecule has 6 nitrogen and oxygen atoms in total. The van der Waals surface area contributed by atoms with Gasteiger partial charge in [-0.15, -0.1) is 0 Å². The van der Waals surface area contributed by atoms with Gasteiger partial charge in [-0.1, -0.05) is 18.2 Å². The summed E-state index contributed by atoms with van der Waals surface area (Å²) in [4.78, 5) is 4.86. The Morgan fingerprint density at radius 2 is 1.86 bits per heavy atom. The van der Waals surface area contributed by atoms with Crippen molar-refractivity contribution in [1.82, 2.24) is 19.7 Å². The number of fused-ring (bicyclic) bond motifs is 1. The molecule has 1 N–H and O–H groups in total. The van der Waals surface area contributed by atoms with Crippen molar-refractivity contribution in [1.29, 1.82) is 0 Å². The molecule has 2 aromatic heterocycles. The average Bonchev–Trinajstić information content (AvgIpc) is 3.12. The molecule has 0 fully saturated rings. The first kappa shape index (κ1) is 18.2. The first-order chi connectivity index (χ1) is 13.7. The van der Waals surface area contributed by atoms with Crippen LogP contribution < -0.4 is 9.47 Å². The highest BCUT2D eigenvalue weighted by Crippen LogP contribution is 2.36. The molecule has 0 aliphatic heterocycles. The second-order valence-corrected chi connectivity index (χ2v) is 6.62. The minimum absolute atomic E-state index is 0.599. The fraction of sp³-hybridized carbons (Fsp3) is 0.190. The summed E-state index contributed by atoms with van der Waals surface area (Å²) >= 11 is 5.38.